The molecule has 1 N–H and O–H groups in total. The number of ether oxygens (including phenoxy) is 1. The zero-order valence-electron chi connectivity index (χ0n) is 14.1. The third-order valence-corrected chi connectivity index (χ3v) is 4.93. The Morgan fingerprint density at radius 2 is 1.92 bits per heavy atom. The Morgan fingerprint density at radius 1 is 1.12 bits per heavy atom. The number of fused-ring (bicyclic) bond motifs is 1. The summed E-state index contributed by atoms with van der Waals surface area (Å²) in [6.45, 7) is 1.68. The van der Waals surface area contributed by atoms with E-state index >= 15 is 0 Å². The van der Waals surface area contributed by atoms with Crippen molar-refractivity contribution in [3.8, 4) is 0 Å². The van der Waals surface area contributed by atoms with Crippen LogP contribution in [0.1, 0.15) is 28.7 Å². The number of benzene rings is 2. The highest BCUT2D eigenvalue weighted by atomic mass is 79.9. The lowest BCUT2D eigenvalue weighted by Crippen LogP contribution is -2.21. The molecule has 130 valence electrons. The maximum atomic E-state index is 12.0. The Hall–Kier alpha value is -2.14. The van der Waals surface area contributed by atoms with Gasteiger partial charge in [0.2, 0.25) is 0 Å². The smallest absolute Gasteiger partial charge is 0.310 e. The van der Waals surface area contributed by atoms with Gasteiger partial charge in [0.05, 0.1) is 12.1 Å². The fraction of sp³-hybridized carbons (Fsp3) is 0.300. The number of carbonyl (C=O) groups is 2. The van der Waals surface area contributed by atoms with Crippen molar-refractivity contribution < 1.29 is 14.3 Å². The van der Waals surface area contributed by atoms with E-state index in [-0.39, 0.29) is 18.9 Å². The molecule has 2 aromatic rings. The number of halogens is 1. The average Bonchev–Trinajstić information content (AvgIpc) is 3.03. The topological polar surface area (TPSA) is 55.4 Å². The second kappa shape index (κ2) is 7.83. The normalized spacial score (nSPS) is 12.6. The van der Waals surface area contributed by atoms with E-state index in [1.807, 2.05) is 31.2 Å². The molecule has 0 spiro atoms. The molecule has 0 unspecified atom stereocenters. The van der Waals surface area contributed by atoms with Crippen LogP contribution in [-0.2, 0) is 33.6 Å². The minimum Gasteiger partial charge on any atom is -0.455 e. The number of aryl methyl sites for hydroxylation is 3. The Bertz CT molecular complexity index is 817. The average molecular weight is 402 g/mol. The van der Waals surface area contributed by atoms with E-state index in [2.05, 4.69) is 33.4 Å². The molecular weight excluding hydrogens is 382 g/mol. The zero-order chi connectivity index (χ0) is 17.8. The molecule has 0 fully saturated rings. The van der Waals surface area contributed by atoms with Crippen LogP contribution in [0.5, 0.6) is 0 Å². The summed E-state index contributed by atoms with van der Waals surface area (Å²) < 4.78 is 5.89. The molecule has 25 heavy (non-hydrogen) atoms. The second-order valence-electron chi connectivity index (χ2n) is 6.33. The molecule has 1 aliphatic rings. The van der Waals surface area contributed by atoms with E-state index in [0.29, 0.717) is 5.69 Å². The summed E-state index contributed by atoms with van der Waals surface area (Å²) in [5, 5.41) is 2.73. The van der Waals surface area contributed by atoms with Crippen LogP contribution >= 0.6 is 15.9 Å². The van der Waals surface area contributed by atoms with Crippen LogP contribution in [0.4, 0.5) is 5.69 Å². The minimum absolute atomic E-state index is 0.189. The number of rotatable bonds is 5. The van der Waals surface area contributed by atoms with Crippen molar-refractivity contribution in [3.63, 3.8) is 0 Å². The summed E-state index contributed by atoms with van der Waals surface area (Å²) in [5.74, 6) is -0.747. The quantitative estimate of drug-likeness (QED) is 0.771. The SMILES string of the molecule is Cc1ccc(NC(=O)COC(=O)Cc2ccc3c(c2)CCC3)c(Br)c1. The number of hydrogen-bond donors (Lipinski definition) is 1. The van der Waals surface area contributed by atoms with Crippen LogP contribution in [0, 0.1) is 6.92 Å². The number of amides is 1. The van der Waals surface area contributed by atoms with Crippen molar-refractivity contribution in [2.45, 2.75) is 32.6 Å². The van der Waals surface area contributed by atoms with E-state index in [4.69, 9.17) is 4.74 Å². The predicted molar refractivity (Wildman–Crippen MR) is 101 cm³/mol. The monoisotopic (exact) mass is 401 g/mol. The van der Waals surface area contributed by atoms with Gasteiger partial charge in [0, 0.05) is 4.47 Å². The van der Waals surface area contributed by atoms with E-state index in [9.17, 15) is 9.59 Å². The van der Waals surface area contributed by atoms with Crippen LogP contribution < -0.4 is 5.32 Å². The third-order valence-electron chi connectivity index (χ3n) is 4.27. The lowest BCUT2D eigenvalue weighted by atomic mass is 10.0. The fourth-order valence-electron chi connectivity index (χ4n) is 3.01. The highest BCUT2D eigenvalue weighted by molar-refractivity contribution is 9.10. The first-order chi connectivity index (χ1) is 12.0. The van der Waals surface area contributed by atoms with Crippen molar-refractivity contribution in [3.05, 3.63) is 63.1 Å². The zero-order valence-corrected chi connectivity index (χ0v) is 15.7. The molecule has 0 aliphatic heterocycles. The molecule has 0 radical (unpaired) electrons. The van der Waals surface area contributed by atoms with Gasteiger partial charge in [-0.05, 0) is 76.5 Å². The maximum Gasteiger partial charge on any atom is 0.310 e. The van der Waals surface area contributed by atoms with Crippen LogP contribution in [0.3, 0.4) is 0 Å². The van der Waals surface area contributed by atoms with E-state index in [1.165, 1.54) is 17.5 Å². The first kappa shape index (κ1) is 17.7. The van der Waals surface area contributed by atoms with Crippen LogP contribution in [0.25, 0.3) is 0 Å². The highest BCUT2D eigenvalue weighted by Gasteiger charge is 2.14. The van der Waals surface area contributed by atoms with E-state index in [1.54, 1.807) is 0 Å². The molecule has 3 rings (SSSR count). The number of esters is 1. The first-order valence-corrected chi connectivity index (χ1v) is 9.13. The molecule has 0 saturated heterocycles. The van der Waals surface area contributed by atoms with Gasteiger partial charge in [-0.25, -0.2) is 0 Å². The largest absolute Gasteiger partial charge is 0.455 e. The molecule has 2 aromatic carbocycles. The third kappa shape index (κ3) is 4.69. The maximum absolute atomic E-state index is 12.0. The van der Waals surface area contributed by atoms with Gasteiger partial charge in [-0.15, -0.1) is 0 Å². The van der Waals surface area contributed by atoms with E-state index in [0.717, 1.165) is 28.4 Å². The van der Waals surface area contributed by atoms with Crippen molar-refractivity contribution >= 4 is 33.5 Å². The molecule has 1 amide bonds. The Morgan fingerprint density at radius 3 is 2.72 bits per heavy atom. The molecule has 1 aliphatic carbocycles. The summed E-state index contributed by atoms with van der Waals surface area (Å²) in [6.07, 6.45) is 3.56. The minimum atomic E-state index is -0.393. The molecule has 0 aromatic heterocycles. The predicted octanol–water partition coefficient (Wildman–Crippen LogP) is 3.97. The summed E-state index contributed by atoms with van der Waals surface area (Å²) >= 11 is 3.40. The van der Waals surface area contributed by atoms with Gasteiger partial charge < -0.3 is 10.1 Å². The van der Waals surface area contributed by atoms with Gasteiger partial charge in [-0.1, -0.05) is 24.3 Å². The Labute approximate surface area is 155 Å². The van der Waals surface area contributed by atoms with Crippen molar-refractivity contribution in [1.29, 1.82) is 0 Å². The van der Waals surface area contributed by atoms with Gasteiger partial charge >= 0.3 is 5.97 Å². The molecular formula is C20H20BrNO3. The molecule has 0 atom stereocenters. The Balaban J connectivity index is 1.49. The van der Waals surface area contributed by atoms with Gasteiger partial charge in [0.1, 0.15) is 0 Å². The molecule has 0 bridgehead atoms. The Kier molecular flexibility index (Phi) is 5.53. The van der Waals surface area contributed by atoms with Crippen LogP contribution in [0.2, 0.25) is 0 Å². The van der Waals surface area contributed by atoms with E-state index < -0.39 is 5.97 Å². The van der Waals surface area contributed by atoms with Crippen LogP contribution in [-0.4, -0.2) is 18.5 Å². The second-order valence-corrected chi connectivity index (χ2v) is 7.18. The van der Waals surface area contributed by atoms with Crippen molar-refractivity contribution in [2.75, 3.05) is 11.9 Å². The summed E-state index contributed by atoms with van der Waals surface area (Å²) in [4.78, 5) is 23.9. The standard InChI is InChI=1S/C20H20BrNO3/c1-13-5-8-18(17(21)9-13)22-19(23)12-25-20(24)11-14-6-7-15-3-2-4-16(15)10-14/h5-10H,2-4,11-12H2,1H3,(H,22,23). The lowest BCUT2D eigenvalue weighted by molar-refractivity contribution is -0.146. The number of hydrogen-bond acceptors (Lipinski definition) is 3. The van der Waals surface area contributed by atoms with Gasteiger partial charge in [-0.2, -0.15) is 0 Å². The molecule has 4 nitrogen and oxygen atoms in total. The number of nitrogens with one attached hydrogen (secondary N) is 1. The molecule has 0 saturated carbocycles. The van der Waals surface area contributed by atoms with Gasteiger partial charge in [-0.3, -0.25) is 9.59 Å². The van der Waals surface area contributed by atoms with Crippen molar-refractivity contribution in [1.82, 2.24) is 0 Å². The molecule has 0 heterocycles. The fourth-order valence-corrected chi connectivity index (χ4v) is 3.60. The lowest BCUT2D eigenvalue weighted by Gasteiger charge is -2.09. The number of anilines is 1. The van der Waals surface area contributed by atoms with Crippen molar-refractivity contribution in [2.24, 2.45) is 0 Å². The van der Waals surface area contributed by atoms with Crippen LogP contribution in [0.15, 0.2) is 40.9 Å². The summed E-state index contributed by atoms with van der Waals surface area (Å²) in [6, 6.07) is 11.8. The van der Waals surface area contributed by atoms with Gasteiger partial charge in [0.15, 0.2) is 6.61 Å². The van der Waals surface area contributed by atoms with Gasteiger partial charge in [0.25, 0.3) is 5.91 Å². The molecule has 5 heteroatoms. The first-order valence-electron chi connectivity index (χ1n) is 8.33. The number of carbonyl (C=O) groups excluding carboxylic acids is 2. The summed E-state index contributed by atoms with van der Waals surface area (Å²) in [5.41, 5.74) is 5.38. The summed E-state index contributed by atoms with van der Waals surface area (Å²) in [7, 11) is 0. The highest BCUT2D eigenvalue weighted by Crippen LogP contribution is 2.24.